The van der Waals surface area contributed by atoms with Crippen LogP contribution in [0.3, 0.4) is 0 Å². The van der Waals surface area contributed by atoms with Gasteiger partial charge in [-0.05, 0) is 47.5 Å². The first kappa shape index (κ1) is 26.9. The number of aliphatic imine (C=N–C) groups is 1. The van der Waals surface area contributed by atoms with Gasteiger partial charge in [0, 0.05) is 24.2 Å². The fourth-order valence-corrected chi connectivity index (χ4v) is 3.19. The third-order valence-electron chi connectivity index (χ3n) is 4.12. The first-order chi connectivity index (χ1) is 12.6. The Labute approximate surface area is 190 Å². The molecule has 0 bridgehead atoms. The van der Waals surface area contributed by atoms with E-state index in [1.807, 2.05) is 40.8 Å². The molecule has 0 saturated carbocycles. The Morgan fingerprint density at radius 3 is 2.32 bits per heavy atom. The summed E-state index contributed by atoms with van der Waals surface area (Å²) in [7, 11) is 0. The van der Waals surface area contributed by atoms with E-state index in [9.17, 15) is 4.79 Å². The van der Waals surface area contributed by atoms with Crippen molar-refractivity contribution in [2.45, 2.75) is 79.0 Å². The number of thiazole rings is 1. The van der Waals surface area contributed by atoms with Crippen molar-refractivity contribution < 1.29 is 9.53 Å². The highest BCUT2D eigenvalue weighted by molar-refractivity contribution is 14.0. The van der Waals surface area contributed by atoms with Crippen LogP contribution in [0.1, 0.15) is 64.3 Å². The van der Waals surface area contributed by atoms with Gasteiger partial charge in [-0.15, -0.1) is 35.3 Å². The predicted octanol–water partition coefficient (Wildman–Crippen LogP) is 4.21. The molecule has 7 nitrogen and oxygen atoms in total. The molecule has 162 valence electrons. The van der Waals surface area contributed by atoms with E-state index in [-0.39, 0.29) is 24.0 Å². The Kier molecular flexibility index (Phi) is 12.0. The summed E-state index contributed by atoms with van der Waals surface area (Å²) in [5.74, 6) is 0.723. The maximum Gasteiger partial charge on any atom is 0.408 e. The Balaban J connectivity index is 0.00000729. The summed E-state index contributed by atoms with van der Waals surface area (Å²) in [6.07, 6.45) is 3.03. The number of nitrogens with one attached hydrogen (secondary N) is 3. The van der Waals surface area contributed by atoms with Crippen molar-refractivity contribution in [3.05, 3.63) is 16.1 Å². The van der Waals surface area contributed by atoms with E-state index in [4.69, 9.17) is 4.74 Å². The van der Waals surface area contributed by atoms with Crippen LogP contribution in [0.5, 0.6) is 0 Å². The van der Waals surface area contributed by atoms with Crippen LogP contribution in [0.25, 0.3) is 0 Å². The van der Waals surface area contributed by atoms with E-state index in [0.717, 1.165) is 35.2 Å². The number of carbonyl (C=O) groups excluding carboxylic acids is 1. The first-order valence-electron chi connectivity index (χ1n) is 9.57. The zero-order chi connectivity index (χ0) is 20.5. The standard InChI is InChI=1S/C19H35N5O2S.HI/c1-8-19(9-2,24-17(25)26-18(5,6)7)13-23-16(20-10-3)22-12-15-11-21-14(4)27-15;/h11H,8-10,12-13H2,1-7H3,(H,24,25)(H2,20,22,23);1H. The Morgan fingerprint density at radius 2 is 1.86 bits per heavy atom. The summed E-state index contributed by atoms with van der Waals surface area (Å²) in [5.41, 5.74) is -0.923. The maximum absolute atomic E-state index is 12.3. The van der Waals surface area contributed by atoms with Gasteiger partial charge in [-0.1, -0.05) is 13.8 Å². The maximum atomic E-state index is 12.3. The quantitative estimate of drug-likeness (QED) is 0.269. The number of ether oxygens (including phenoxy) is 1. The van der Waals surface area contributed by atoms with Gasteiger partial charge in [-0.25, -0.2) is 14.8 Å². The molecular formula is C19H36IN5O2S. The van der Waals surface area contributed by atoms with Gasteiger partial charge < -0.3 is 20.7 Å². The number of carbonyl (C=O) groups is 1. The largest absolute Gasteiger partial charge is 0.444 e. The van der Waals surface area contributed by atoms with Crippen LogP contribution in [-0.2, 0) is 11.3 Å². The highest BCUT2D eigenvalue weighted by Gasteiger charge is 2.30. The molecule has 1 heterocycles. The molecule has 1 rings (SSSR count). The number of halogens is 1. The number of amides is 1. The van der Waals surface area contributed by atoms with Gasteiger partial charge in [0.15, 0.2) is 5.96 Å². The SMILES string of the molecule is CCNC(=NCc1cnc(C)s1)NCC(CC)(CC)NC(=O)OC(C)(C)C.I. The summed E-state index contributed by atoms with van der Waals surface area (Å²) < 4.78 is 5.43. The number of alkyl carbamates (subject to hydrolysis) is 1. The molecule has 1 amide bonds. The third kappa shape index (κ3) is 9.90. The van der Waals surface area contributed by atoms with Gasteiger partial charge in [0.25, 0.3) is 0 Å². The van der Waals surface area contributed by atoms with Gasteiger partial charge in [-0.3, -0.25) is 0 Å². The Hall–Kier alpha value is -1.10. The molecule has 0 spiro atoms. The summed E-state index contributed by atoms with van der Waals surface area (Å²) >= 11 is 1.65. The van der Waals surface area contributed by atoms with Crippen LogP contribution in [0, 0.1) is 6.92 Å². The monoisotopic (exact) mass is 525 g/mol. The molecule has 0 aliphatic rings. The zero-order valence-electron chi connectivity index (χ0n) is 18.1. The van der Waals surface area contributed by atoms with E-state index >= 15 is 0 Å². The summed E-state index contributed by atoms with van der Waals surface area (Å²) in [5, 5.41) is 10.7. The Morgan fingerprint density at radius 1 is 1.21 bits per heavy atom. The highest BCUT2D eigenvalue weighted by Crippen LogP contribution is 2.16. The number of aromatic nitrogens is 1. The van der Waals surface area contributed by atoms with Crippen molar-refractivity contribution in [3.8, 4) is 0 Å². The molecule has 0 aromatic carbocycles. The molecule has 3 N–H and O–H groups in total. The van der Waals surface area contributed by atoms with Gasteiger partial charge in [0.05, 0.1) is 17.1 Å². The minimum atomic E-state index is -0.520. The van der Waals surface area contributed by atoms with Gasteiger partial charge in [0.1, 0.15) is 5.60 Å². The van der Waals surface area contributed by atoms with Crippen molar-refractivity contribution in [2.24, 2.45) is 4.99 Å². The molecule has 0 aliphatic carbocycles. The number of guanidine groups is 1. The van der Waals surface area contributed by atoms with Crippen molar-refractivity contribution in [2.75, 3.05) is 13.1 Å². The van der Waals surface area contributed by atoms with Crippen LogP contribution >= 0.6 is 35.3 Å². The molecule has 0 aliphatic heterocycles. The predicted molar refractivity (Wildman–Crippen MR) is 128 cm³/mol. The topological polar surface area (TPSA) is 87.6 Å². The van der Waals surface area contributed by atoms with Crippen molar-refractivity contribution in [1.82, 2.24) is 20.9 Å². The lowest BCUT2D eigenvalue weighted by molar-refractivity contribution is 0.0448. The highest BCUT2D eigenvalue weighted by atomic mass is 127. The molecule has 0 unspecified atom stereocenters. The lowest BCUT2D eigenvalue weighted by Gasteiger charge is -2.34. The fraction of sp³-hybridized carbons (Fsp3) is 0.737. The molecule has 0 atom stereocenters. The second kappa shape index (κ2) is 12.5. The number of aryl methyl sites for hydroxylation is 1. The van der Waals surface area contributed by atoms with E-state index in [1.165, 1.54) is 0 Å². The normalized spacial score (nSPS) is 12.2. The molecule has 28 heavy (non-hydrogen) atoms. The third-order valence-corrected chi connectivity index (χ3v) is 5.02. The Bertz CT molecular complexity index is 624. The number of rotatable bonds is 8. The minimum absolute atomic E-state index is 0. The average Bonchev–Trinajstić information content (AvgIpc) is 3.00. The van der Waals surface area contributed by atoms with Crippen LogP contribution in [0.2, 0.25) is 0 Å². The fourth-order valence-electron chi connectivity index (χ4n) is 2.47. The van der Waals surface area contributed by atoms with Crippen molar-refractivity contribution in [3.63, 3.8) is 0 Å². The summed E-state index contributed by atoms with van der Waals surface area (Å²) in [4.78, 5) is 22.3. The van der Waals surface area contributed by atoms with Gasteiger partial charge >= 0.3 is 6.09 Å². The molecule has 0 saturated heterocycles. The number of nitrogens with zero attached hydrogens (tertiary/aromatic N) is 2. The second-order valence-corrected chi connectivity index (χ2v) is 8.83. The number of hydrogen-bond acceptors (Lipinski definition) is 5. The van der Waals surface area contributed by atoms with Crippen molar-refractivity contribution in [1.29, 1.82) is 0 Å². The van der Waals surface area contributed by atoms with E-state index in [2.05, 4.69) is 39.8 Å². The van der Waals surface area contributed by atoms with Crippen LogP contribution < -0.4 is 16.0 Å². The summed E-state index contributed by atoms with van der Waals surface area (Å²) in [6.45, 7) is 15.6. The lowest BCUT2D eigenvalue weighted by Crippen LogP contribution is -2.57. The molecule has 1 aromatic heterocycles. The second-order valence-electron chi connectivity index (χ2n) is 7.51. The van der Waals surface area contributed by atoms with Crippen LogP contribution in [0.4, 0.5) is 4.79 Å². The van der Waals surface area contributed by atoms with Crippen molar-refractivity contribution >= 4 is 47.4 Å². The molecular weight excluding hydrogens is 489 g/mol. The van der Waals surface area contributed by atoms with Crippen LogP contribution in [-0.4, -0.2) is 41.3 Å². The first-order valence-corrected chi connectivity index (χ1v) is 10.4. The van der Waals surface area contributed by atoms with Gasteiger partial charge in [0.2, 0.25) is 0 Å². The average molecular weight is 526 g/mol. The zero-order valence-corrected chi connectivity index (χ0v) is 21.3. The number of hydrogen-bond donors (Lipinski definition) is 3. The van der Waals surface area contributed by atoms with E-state index < -0.39 is 17.2 Å². The molecule has 1 aromatic rings. The van der Waals surface area contributed by atoms with Gasteiger partial charge in [-0.2, -0.15) is 0 Å². The summed E-state index contributed by atoms with van der Waals surface area (Å²) in [6, 6.07) is 0. The lowest BCUT2D eigenvalue weighted by atomic mass is 9.93. The van der Waals surface area contributed by atoms with Crippen LogP contribution in [0.15, 0.2) is 11.2 Å². The molecule has 0 fully saturated rings. The van der Waals surface area contributed by atoms with E-state index in [1.54, 1.807) is 11.3 Å². The minimum Gasteiger partial charge on any atom is -0.444 e. The molecule has 0 radical (unpaired) electrons. The molecule has 9 heteroatoms. The smallest absolute Gasteiger partial charge is 0.408 e. The van der Waals surface area contributed by atoms with E-state index in [0.29, 0.717) is 13.1 Å².